The minimum absolute atomic E-state index is 0.422. The van der Waals surface area contributed by atoms with E-state index in [1.54, 1.807) is 0 Å². The van der Waals surface area contributed by atoms with Gasteiger partial charge in [-0.3, -0.25) is 0 Å². The Morgan fingerprint density at radius 1 is 1.06 bits per heavy atom. The fraction of sp³-hybridized carbons (Fsp3) is 0.250. The van der Waals surface area contributed by atoms with E-state index in [9.17, 15) is 0 Å². The van der Waals surface area contributed by atoms with E-state index in [1.165, 1.54) is 21.9 Å². The lowest BCUT2D eigenvalue weighted by atomic mass is 10.0. The van der Waals surface area contributed by atoms with Gasteiger partial charge in [-0.25, -0.2) is 0 Å². The number of allylic oxidation sites excluding steroid dienone is 1. The Balaban J connectivity index is 2.40. The van der Waals surface area contributed by atoms with Crippen molar-refractivity contribution in [3.05, 3.63) is 54.6 Å². The molecule has 2 aromatic carbocycles. The molecule has 0 fully saturated rings. The third-order valence-corrected chi connectivity index (χ3v) is 9.73. The van der Waals surface area contributed by atoms with Crippen molar-refractivity contribution in [1.29, 1.82) is 0 Å². The first-order valence-corrected chi connectivity index (χ1v) is 10.7. The van der Waals surface area contributed by atoms with Crippen LogP contribution >= 0.6 is 15.9 Å². The molecule has 0 spiro atoms. The van der Waals surface area contributed by atoms with Crippen LogP contribution in [0.25, 0.3) is 16.3 Å². The van der Waals surface area contributed by atoms with Crippen LogP contribution in [0.2, 0.25) is 19.6 Å². The van der Waals surface area contributed by atoms with Gasteiger partial charge in [0.25, 0.3) is 0 Å². The van der Waals surface area contributed by atoms with E-state index in [2.05, 4.69) is 84.6 Å². The highest BCUT2D eigenvalue weighted by Crippen LogP contribution is 2.31. The van der Waals surface area contributed by atoms with Gasteiger partial charge >= 0.3 is 0 Å². The first kappa shape index (κ1) is 13.6. The second-order valence-corrected chi connectivity index (χ2v) is 12.9. The summed E-state index contributed by atoms with van der Waals surface area (Å²) in [6, 6.07) is 15.1. The second kappa shape index (κ2) is 5.02. The average molecular weight is 319 g/mol. The minimum atomic E-state index is -1.26. The molecule has 0 saturated heterocycles. The quantitative estimate of drug-likeness (QED) is 0.518. The summed E-state index contributed by atoms with van der Waals surface area (Å²) >= 11 is 3.83. The molecule has 0 radical (unpaired) electrons. The third-order valence-electron chi connectivity index (χ3n) is 3.19. The van der Waals surface area contributed by atoms with E-state index >= 15 is 0 Å². The number of rotatable bonds is 3. The lowest BCUT2D eigenvalue weighted by Gasteiger charge is -2.25. The summed E-state index contributed by atoms with van der Waals surface area (Å²) in [4.78, 5) is 0. The fourth-order valence-electron chi connectivity index (χ4n) is 2.06. The number of benzene rings is 2. The topological polar surface area (TPSA) is 0 Å². The van der Waals surface area contributed by atoms with Gasteiger partial charge in [0.1, 0.15) is 0 Å². The van der Waals surface area contributed by atoms with Gasteiger partial charge in [0, 0.05) is 4.45 Å². The molecule has 0 saturated carbocycles. The van der Waals surface area contributed by atoms with Gasteiger partial charge in [0.15, 0.2) is 0 Å². The molecular weight excluding hydrogens is 300 g/mol. The van der Waals surface area contributed by atoms with Crippen LogP contribution in [0.5, 0.6) is 0 Å². The highest BCUT2D eigenvalue weighted by Gasteiger charge is 2.27. The van der Waals surface area contributed by atoms with Crippen molar-refractivity contribution in [1.82, 2.24) is 0 Å². The van der Waals surface area contributed by atoms with Gasteiger partial charge in [0.2, 0.25) is 0 Å². The third kappa shape index (κ3) is 2.75. The van der Waals surface area contributed by atoms with Crippen LogP contribution < -0.4 is 0 Å². The zero-order valence-electron chi connectivity index (χ0n) is 11.2. The molecule has 1 unspecified atom stereocenters. The van der Waals surface area contributed by atoms with Gasteiger partial charge in [-0.05, 0) is 28.0 Å². The molecule has 2 rings (SSSR count). The van der Waals surface area contributed by atoms with E-state index in [0.29, 0.717) is 4.45 Å². The van der Waals surface area contributed by atoms with Crippen LogP contribution in [0, 0.1) is 0 Å². The maximum atomic E-state index is 4.29. The largest absolute Gasteiger partial charge is 0.0944 e. The van der Waals surface area contributed by atoms with Gasteiger partial charge < -0.3 is 0 Å². The van der Waals surface area contributed by atoms with Gasteiger partial charge in [-0.1, -0.05) is 78.5 Å². The molecule has 94 valence electrons. The Labute approximate surface area is 119 Å². The molecule has 0 aliphatic rings. The van der Waals surface area contributed by atoms with Crippen LogP contribution in [0.3, 0.4) is 0 Å². The average Bonchev–Trinajstić information content (AvgIpc) is 2.35. The first-order valence-electron chi connectivity index (χ1n) is 6.21. The predicted molar refractivity (Wildman–Crippen MR) is 89.0 cm³/mol. The highest BCUT2D eigenvalue weighted by atomic mass is 79.9. The zero-order valence-corrected chi connectivity index (χ0v) is 13.8. The standard InChI is InChI=1S/C16H19BrSi/c1-12(16(17)18(2,3)4)14-10-9-13-7-5-6-8-15(13)11-14/h5-11,16H,1H2,2-4H3. The van der Waals surface area contributed by atoms with Crippen molar-refractivity contribution < 1.29 is 0 Å². The Morgan fingerprint density at radius 2 is 1.67 bits per heavy atom. The predicted octanol–water partition coefficient (Wildman–Crippen LogP) is 5.49. The lowest BCUT2D eigenvalue weighted by molar-refractivity contribution is 1.47. The van der Waals surface area contributed by atoms with E-state index in [-0.39, 0.29) is 0 Å². The number of fused-ring (bicyclic) bond motifs is 1. The molecule has 0 bridgehead atoms. The molecule has 1 atom stereocenters. The lowest BCUT2D eigenvalue weighted by Crippen LogP contribution is -2.34. The van der Waals surface area contributed by atoms with Crippen molar-refractivity contribution in [2.45, 2.75) is 24.1 Å². The van der Waals surface area contributed by atoms with Crippen LogP contribution in [-0.2, 0) is 0 Å². The molecule has 0 aliphatic carbocycles. The Kier molecular flexibility index (Phi) is 3.78. The smallest absolute Gasteiger partial charge is 0.0651 e. The molecule has 0 aromatic heterocycles. The fourth-order valence-corrected chi connectivity index (χ4v) is 3.53. The van der Waals surface area contributed by atoms with E-state index in [1.807, 2.05) is 0 Å². The summed E-state index contributed by atoms with van der Waals surface area (Å²) < 4.78 is 0.422. The summed E-state index contributed by atoms with van der Waals surface area (Å²) in [5.41, 5.74) is 2.46. The molecular formula is C16H19BrSi. The summed E-state index contributed by atoms with van der Waals surface area (Å²) in [6.45, 7) is 11.4. The number of hydrogen-bond donors (Lipinski definition) is 0. The Hall–Kier alpha value is -0.863. The molecule has 2 heteroatoms. The molecule has 0 amide bonds. The van der Waals surface area contributed by atoms with E-state index in [4.69, 9.17) is 0 Å². The van der Waals surface area contributed by atoms with Crippen molar-refractivity contribution in [2.75, 3.05) is 0 Å². The summed E-state index contributed by atoms with van der Waals surface area (Å²) in [5.74, 6) is 0. The number of halogens is 1. The maximum absolute atomic E-state index is 4.29. The van der Waals surface area contributed by atoms with Crippen LogP contribution in [-0.4, -0.2) is 12.5 Å². The van der Waals surface area contributed by atoms with Gasteiger partial charge in [-0.15, -0.1) is 0 Å². The monoisotopic (exact) mass is 318 g/mol. The van der Waals surface area contributed by atoms with Crippen molar-refractivity contribution in [3.63, 3.8) is 0 Å². The Morgan fingerprint density at radius 3 is 2.28 bits per heavy atom. The SMILES string of the molecule is C=C(c1ccc2ccccc2c1)C(Br)[Si](C)(C)C. The molecule has 0 heterocycles. The van der Waals surface area contributed by atoms with Crippen LogP contribution in [0.15, 0.2) is 49.0 Å². The summed E-state index contributed by atoms with van der Waals surface area (Å²) in [6.07, 6.45) is 0. The minimum Gasteiger partial charge on any atom is -0.0944 e. The molecule has 2 aromatic rings. The second-order valence-electron chi connectivity index (χ2n) is 5.82. The highest BCUT2D eigenvalue weighted by molar-refractivity contribution is 9.10. The summed E-state index contributed by atoms with van der Waals surface area (Å²) in [5, 5.41) is 2.57. The number of alkyl halides is 1. The zero-order chi connectivity index (χ0) is 13.3. The molecule has 18 heavy (non-hydrogen) atoms. The normalized spacial score (nSPS) is 13.6. The first-order chi connectivity index (χ1) is 8.39. The van der Waals surface area contributed by atoms with Crippen LogP contribution in [0.1, 0.15) is 5.56 Å². The molecule has 0 N–H and O–H groups in total. The maximum Gasteiger partial charge on any atom is 0.0651 e. The van der Waals surface area contributed by atoms with Crippen molar-refractivity contribution in [2.24, 2.45) is 0 Å². The van der Waals surface area contributed by atoms with E-state index < -0.39 is 8.07 Å². The van der Waals surface area contributed by atoms with Crippen LogP contribution in [0.4, 0.5) is 0 Å². The van der Waals surface area contributed by atoms with E-state index in [0.717, 1.165) is 0 Å². The Bertz CT molecular complexity index is 581. The van der Waals surface area contributed by atoms with Crippen molar-refractivity contribution in [3.8, 4) is 0 Å². The van der Waals surface area contributed by atoms with Crippen molar-refractivity contribution >= 4 is 40.3 Å². The van der Waals surface area contributed by atoms with Gasteiger partial charge in [-0.2, -0.15) is 0 Å². The molecule has 0 aliphatic heterocycles. The summed E-state index contributed by atoms with van der Waals surface area (Å²) in [7, 11) is -1.26. The number of hydrogen-bond acceptors (Lipinski definition) is 0. The van der Waals surface area contributed by atoms with Gasteiger partial charge in [0.05, 0.1) is 8.07 Å². The molecule has 0 nitrogen and oxygen atoms in total.